The quantitative estimate of drug-likeness (QED) is 0.585. The highest BCUT2D eigenvalue weighted by molar-refractivity contribution is 4.59. The molecule has 62 valence electrons. The van der Waals surface area contributed by atoms with Crippen LogP contribution < -0.4 is 5.32 Å². The first-order chi connectivity index (χ1) is 4.68. The topological polar surface area (TPSA) is 12.0 Å². The standard InChI is InChI=1S/C8H18FN/c1-7(2)8(3)6-10-5-4-9/h7-8,10H,4-6H2,1-3H3. The highest BCUT2D eigenvalue weighted by Gasteiger charge is 2.04. The van der Waals surface area contributed by atoms with Gasteiger partial charge < -0.3 is 5.32 Å². The lowest BCUT2D eigenvalue weighted by Crippen LogP contribution is -2.25. The summed E-state index contributed by atoms with van der Waals surface area (Å²) in [6.45, 7) is 7.71. The molecule has 1 nitrogen and oxygen atoms in total. The Labute approximate surface area is 63.0 Å². The van der Waals surface area contributed by atoms with Gasteiger partial charge in [0.05, 0.1) is 0 Å². The number of rotatable bonds is 5. The van der Waals surface area contributed by atoms with Crippen molar-refractivity contribution in [1.29, 1.82) is 0 Å². The van der Waals surface area contributed by atoms with Crippen molar-refractivity contribution in [1.82, 2.24) is 5.32 Å². The van der Waals surface area contributed by atoms with Crippen molar-refractivity contribution in [3.63, 3.8) is 0 Å². The molecular weight excluding hydrogens is 129 g/mol. The van der Waals surface area contributed by atoms with E-state index >= 15 is 0 Å². The summed E-state index contributed by atoms with van der Waals surface area (Å²) in [5.41, 5.74) is 0. The molecule has 0 aromatic rings. The van der Waals surface area contributed by atoms with Crippen LogP contribution in [0.4, 0.5) is 4.39 Å². The molecular formula is C8H18FN. The molecule has 10 heavy (non-hydrogen) atoms. The van der Waals surface area contributed by atoms with Crippen LogP contribution in [0.3, 0.4) is 0 Å². The molecule has 0 saturated carbocycles. The predicted octanol–water partition coefficient (Wildman–Crippen LogP) is 1.84. The third-order valence-electron chi connectivity index (χ3n) is 1.88. The molecule has 0 aliphatic rings. The highest BCUT2D eigenvalue weighted by atomic mass is 19.1. The number of nitrogens with one attached hydrogen (secondary N) is 1. The Morgan fingerprint density at radius 1 is 1.30 bits per heavy atom. The van der Waals surface area contributed by atoms with E-state index in [0.29, 0.717) is 18.4 Å². The van der Waals surface area contributed by atoms with Gasteiger partial charge in [-0.25, -0.2) is 4.39 Å². The van der Waals surface area contributed by atoms with Crippen LogP contribution in [0.5, 0.6) is 0 Å². The molecule has 2 heteroatoms. The van der Waals surface area contributed by atoms with Crippen LogP contribution >= 0.6 is 0 Å². The third-order valence-corrected chi connectivity index (χ3v) is 1.88. The van der Waals surface area contributed by atoms with Crippen molar-refractivity contribution in [2.24, 2.45) is 11.8 Å². The van der Waals surface area contributed by atoms with Gasteiger partial charge in [0.1, 0.15) is 6.67 Å². The van der Waals surface area contributed by atoms with E-state index in [-0.39, 0.29) is 6.67 Å². The summed E-state index contributed by atoms with van der Waals surface area (Å²) in [5.74, 6) is 1.33. The molecule has 0 aliphatic heterocycles. The number of hydrogen-bond donors (Lipinski definition) is 1. The minimum atomic E-state index is -0.259. The molecule has 0 radical (unpaired) electrons. The molecule has 1 atom stereocenters. The Morgan fingerprint density at radius 2 is 1.90 bits per heavy atom. The summed E-state index contributed by atoms with van der Waals surface area (Å²) in [6, 6.07) is 0. The Kier molecular flexibility index (Phi) is 5.60. The maximum atomic E-state index is 11.6. The number of alkyl halides is 1. The van der Waals surface area contributed by atoms with Crippen molar-refractivity contribution >= 4 is 0 Å². The van der Waals surface area contributed by atoms with Gasteiger partial charge in [-0.1, -0.05) is 20.8 Å². The number of hydrogen-bond acceptors (Lipinski definition) is 1. The Hall–Kier alpha value is -0.110. The fourth-order valence-electron chi connectivity index (χ4n) is 0.632. The van der Waals surface area contributed by atoms with E-state index < -0.39 is 0 Å². The van der Waals surface area contributed by atoms with Crippen LogP contribution in [0, 0.1) is 11.8 Å². The zero-order chi connectivity index (χ0) is 7.98. The van der Waals surface area contributed by atoms with Crippen molar-refractivity contribution < 1.29 is 4.39 Å². The monoisotopic (exact) mass is 147 g/mol. The van der Waals surface area contributed by atoms with Crippen LogP contribution in [-0.2, 0) is 0 Å². The summed E-state index contributed by atoms with van der Waals surface area (Å²) in [7, 11) is 0. The van der Waals surface area contributed by atoms with E-state index in [1.807, 2.05) is 0 Å². The van der Waals surface area contributed by atoms with Gasteiger partial charge in [0, 0.05) is 6.54 Å². The lowest BCUT2D eigenvalue weighted by atomic mass is 9.98. The van der Waals surface area contributed by atoms with Gasteiger partial charge in [-0.05, 0) is 18.4 Å². The van der Waals surface area contributed by atoms with Crippen LogP contribution in [0.15, 0.2) is 0 Å². The van der Waals surface area contributed by atoms with Gasteiger partial charge in [-0.15, -0.1) is 0 Å². The maximum absolute atomic E-state index is 11.6. The lowest BCUT2D eigenvalue weighted by Gasteiger charge is -2.14. The van der Waals surface area contributed by atoms with Crippen LogP contribution in [0.2, 0.25) is 0 Å². The van der Waals surface area contributed by atoms with Gasteiger partial charge in [-0.2, -0.15) is 0 Å². The van der Waals surface area contributed by atoms with Crippen LogP contribution in [-0.4, -0.2) is 19.8 Å². The van der Waals surface area contributed by atoms with Crippen LogP contribution in [0.1, 0.15) is 20.8 Å². The Bertz CT molecular complexity index is 73.7. The fourth-order valence-corrected chi connectivity index (χ4v) is 0.632. The molecule has 0 saturated heterocycles. The van der Waals surface area contributed by atoms with E-state index in [2.05, 4.69) is 26.1 Å². The van der Waals surface area contributed by atoms with Crippen LogP contribution in [0.25, 0.3) is 0 Å². The lowest BCUT2D eigenvalue weighted by molar-refractivity contribution is 0.377. The van der Waals surface area contributed by atoms with Gasteiger partial charge in [0.25, 0.3) is 0 Å². The summed E-state index contributed by atoms with van der Waals surface area (Å²) in [6.07, 6.45) is 0. The van der Waals surface area contributed by atoms with Crippen molar-refractivity contribution in [3.8, 4) is 0 Å². The van der Waals surface area contributed by atoms with Gasteiger partial charge in [0.15, 0.2) is 0 Å². The average Bonchev–Trinajstić information content (AvgIpc) is 1.88. The molecule has 0 rings (SSSR count). The fraction of sp³-hybridized carbons (Fsp3) is 1.00. The first-order valence-corrected chi connectivity index (χ1v) is 3.95. The first-order valence-electron chi connectivity index (χ1n) is 3.95. The predicted molar refractivity (Wildman–Crippen MR) is 42.8 cm³/mol. The van der Waals surface area contributed by atoms with E-state index in [0.717, 1.165) is 6.54 Å². The van der Waals surface area contributed by atoms with Gasteiger partial charge >= 0.3 is 0 Å². The van der Waals surface area contributed by atoms with Gasteiger partial charge in [0.2, 0.25) is 0 Å². The minimum Gasteiger partial charge on any atom is -0.314 e. The second-order valence-electron chi connectivity index (χ2n) is 3.11. The SMILES string of the molecule is CC(C)C(C)CNCCF. The molecule has 1 unspecified atom stereocenters. The molecule has 0 fully saturated rings. The number of halogens is 1. The second-order valence-corrected chi connectivity index (χ2v) is 3.11. The molecule has 0 amide bonds. The van der Waals surface area contributed by atoms with Crippen molar-refractivity contribution in [2.45, 2.75) is 20.8 Å². The Balaban J connectivity index is 3.13. The maximum Gasteiger partial charge on any atom is 0.102 e. The highest BCUT2D eigenvalue weighted by Crippen LogP contribution is 2.06. The third kappa shape index (κ3) is 4.74. The first kappa shape index (κ1) is 9.89. The second kappa shape index (κ2) is 5.66. The molecule has 0 aromatic heterocycles. The molecule has 0 bridgehead atoms. The molecule has 0 aliphatic carbocycles. The van der Waals surface area contributed by atoms with Crippen molar-refractivity contribution in [3.05, 3.63) is 0 Å². The van der Waals surface area contributed by atoms with E-state index in [9.17, 15) is 4.39 Å². The zero-order valence-corrected chi connectivity index (χ0v) is 7.15. The molecule has 0 spiro atoms. The Morgan fingerprint density at radius 3 is 2.30 bits per heavy atom. The van der Waals surface area contributed by atoms with E-state index in [1.165, 1.54) is 0 Å². The zero-order valence-electron chi connectivity index (χ0n) is 7.15. The summed E-state index contributed by atoms with van der Waals surface area (Å²) in [5, 5.41) is 3.04. The normalized spacial score (nSPS) is 14.1. The summed E-state index contributed by atoms with van der Waals surface area (Å²) < 4.78 is 11.6. The van der Waals surface area contributed by atoms with Gasteiger partial charge in [-0.3, -0.25) is 0 Å². The smallest absolute Gasteiger partial charge is 0.102 e. The largest absolute Gasteiger partial charge is 0.314 e. The summed E-state index contributed by atoms with van der Waals surface area (Å²) in [4.78, 5) is 0. The summed E-state index contributed by atoms with van der Waals surface area (Å²) >= 11 is 0. The van der Waals surface area contributed by atoms with Crippen molar-refractivity contribution in [2.75, 3.05) is 19.8 Å². The minimum absolute atomic E-state index is 0.259. The molecule has 0 heterocycles. The van der Waals surface area contributed by atoms with E-state index in [1.54, 1.807) is 0 Å². The average molecular weight is 147 g/mol. The molecule has 0 aromatic carbocycles. The molecule has 1 N–H and O–H groups in total. The van der Waals surface area contributed by atoms with E-state index in [4.69, 9.17) is 0 Å².